The molecule has 3 fully saturated rings. The molecule has 0 aromatic heterocycles. The van der Waals surface area contributed by atoms with Crippen LogP contribution < -0.4 is 0 Å². The molecule has 9 nitrogen and oxygen atoms in total. The van der Waals surface area contributed by atoms with E-state index in [1.807, 2.05) is 6.08 Å². The fourth-order valence-corrected chi connectivity index (χ4v) is 6.86. The predicted molar refractivity (Wildman–Crippen MR) is 171 cm³/mol. The number of nitrogens with zero attached hydrogens (tertiary/aromatic N) is 1. The third-order valence-corrected chi connectivity index (χ3v) is 9.34. The number of cyclic esters (lactones) is 1. The van der Waals surface area contributed by atoms with Crippen molar-refractivity contribution in [2.75, 3.05) is 26.8 Å². The zero-order valence-corrected chi connectivity index (χ0v) is 27.7. The summed E-state index contributed by atoms with van der Waals surface area (Å²) >= 11 is 0. The number of allylic oxidation sites excluding steroid dienone is 2. The highest BCUT2D eigenvalue weighted by atomic mass is 16.6. The largest absolute Gasteiger partial charge is 0.466 e. The van der Waals surface area contributed by atoms with Crippen molar-refractivity contribution in [1.29, 1.82) is 0 Å². The van der Waals surface area contributed by atoms with Crippen molar-refractivity contribution in [2.45, 2.75) is 134 Å². The fourth-order valence-electron chi connectivity index (χ4n) is 6.86. The second-order valence-electron chi connectivity index (χ2n) is 13.4. The van der Waals surface area contributed by atoms with E-state index in [-0.39, 0.29) is 54.8 Å². The van der Waals surface area contributed by atoms with Gasteiger partial charge in [0.2, 0.25) is 0 Å². The summed E-state index contributed by atoms with van der Waals surface area (Å²) < 4.78 is 29.4. The van der Waals surface area contributed by atoms with Crippen molar-refractivity contribution in [3.05, 3.63) is 36.0 Å². The van der Waals surface area contributed by atoms with Gasteiger partial charge < -0.3 is 28.6 Å². The average molecular weight is 630 g/mol. The first-order valence-corrected chi connectivity index (χ1v) is 17.3. The van der Waals surface area contributed by atoms with E-state index in [0.717, 1.165) is 82.9 Å². The molecular weight excluding hydrogens is 574 g/mol. The monoisotopic (exact) mass is 629 g/mol. The molecule has 0 aromatic carbocycles. The highest BCUT2D eigenvalue weighted by molar-refractivity contribution is 5.82. The molecule has 0 spiro atoms. The molecule has 0 N–H and O–H groups in total. The molecule has 7 atom stereocenters. The van der Waals surface area contributed by atoms with E-state index in [1.54, 1.807) is 11.0 Å². The molecule has 0 aromatic rings. The molecule has 4 bridgehead atoms. The Morgan fingerprint density at radius 3 is 2.42 bits per heavy atom. The van der Waals surface area contributed by atoms with Gasteiger partial charge in [-0.05, 0) is 89.0 Å². The van der Waals surface area contributed by atoms with Gasteiger partial charge >= 0.3 is 18.0 Å². The van der Waals surface area contributed by atoms with Crippen LogP contribution >= 0.6 is 0 Å². The van der Waals surface area contributed by atoms with Gasteiger partial charge in [0.05, 0.1) is 44.6 Å². The SMILES string of the molecule is COC(=O)/C=C1\CC2CC(=O)OC(/C=C/CCCCOC(=O)N3CCCCC3)C(C)/C=C/C(C)CC3CCCC(CC(C1)O2)O3. The average Bonchev–Trinajstić information content (AvgIpc) is 3.02. The maximum atomic E-state index is 13.3. The van der Waals surface area contributed by atoms with Gasteiger partial charge in [-0.3, -0.25) is 4.79 Å². The number of ether oxygens (including phenoxy) is 5. The van der Waals surface area contributed by atoms with Gasteiger partial charge in [0.15, 0.2) is 0 Å². The van der Waals surface area contributed by atoms with Crippen LogP contribution in [0.4, 0.5) is 4.79 Å². The van der Waals surface area contributed by atoms with Crippen LogP contribution in [0.15, 0.2) is 36.0 Å². The number of amides is 1. The Morgan fingerprint density at radius 2 is 1.64 bits per heavy atom. The van der Waals surface area contributed by atoms with E-state index >= 15 is 0 Å². The number of hydrogen-bond donors (Lipinski definition) is 0. The minimum atomic E-state index is -0.412. The van der Waals surface area contributed by atoms with Gasteiger partial charge in [0.25, 0.3) is 0 Å². The molecule has 4 rings (SSSR count). The van der Waals surface area contributed by atoms with Crippen LogP contribution in [-0.4, -0.2) is 80.3 Å². The lowest BCUT2D eigenvalue weighted by Gasteiger charge is -2.37. The summed E-state index contributed by atoms with van der Waals surface area (Å²) in [6.07, 6.45) is 21.1. The van der Waals surface area contributed by atoms with Gasteiger partial charge in [-0.1, -0.05) is 37.6 Å². The summed E-state index contributed by atoms with van der Waals surface area (Å²) in [6.45, 7) is 6.29. The number of piperidine rings is 1. The van der Waals surface area contributed by atoms with Crippen molar-refractivity contribution in [3.8, 4) is 0 Å². The minimum absolute atomic E-state index is 0.0131. The van der Waals surface area contributed by atoms with E-state index in [1.165, 1.54) is 13.5 Å². The third-order valence-electron chi connectivity index (χ3n) is 9.34. The van der Waals surface area contributed by atoms with E-state index in [9.17, 15) is 14.4 Å². The van der Waals surface area contributed by atoms with Crippen LogP contribution in [0.5, 0.6) is 0 Å². The Bertz CT molecular complexity index is 1050. The second-order valence-corrected chi connectivity index (χ2v) is 13.4. The smallest absolute Gasteiger partial charge is 0.409 e. The topological polar surface area (TPSA) is 101 Å². The van der Waals surface area contributed by atoms with Crippen LogP contribution in [-0.2, 0) is 33.3 Å². The summed E-state index contributed by atoms with van der Waals surface area (Å²) in [6, 6.07) is 0. The minimum Gasteiger partial charge on any atom is -0.466 e. The maximum Gasteiger partial charge on any atom is 0.409 e. The number of fused-ring (bicyclic) bond motifs is 4. The van der Waals surface area contributed by atoms with Crippen LogP contribution in [0.2, 0.25) is 0 Å². The van der Waals surface area contributed by atoms with Crippen molar-refractivity contribution in [1.82, 2.24) is 4.90 Å². The summed E-state index contributed by atoms with van der Waals surface area (Å²) in [7, 11) is 1.38. The molecule has 252 valence electrons. The highest BCUT2D eigenvalue weighted by Gasteiger charge is 2.33. The number of esters is 2. The molecule has 9 heteroatoms. The Labute approximate surface area is 269 Å². The molecule has 0 saturated carbocycles. The van der Waals surface area contributed by atoms with Gasteiger partial charge in [-0.25, -0.2) is 9.59 Å². The zero-order chi connectivity index (χ0) is 32.0. The Hall–Kier alpha value is -2.65. The Balaban J connectivity index is 1.37. The number of carbonyl (C=O) groups excluding carboxylic acids is 3. The fraction of sp³-hybridized carbons (Fsp3) is 0.750. The molecule has 0 aliphatic carbocycles. The van der Waals surface area contributed by atoms with Gasteiger partial charge in [0, 0.05) is 31.5 Å². The molecule has 4 aliphatic rings. The van der Waals surface area contributed by atoms with Crippen LogP contribution in [0.25, 0.3) is 0 Å². The van der Waals surface area contributed by atoms with Crippen LogP contribution in [0, 0.1) is 11.8 Å². The molecule has 1 amide bonds. The maximum absolute atomic E-state index is 13.3. The highest BCUT2D eigenvalue weighted by Crippen LogP contribution is 2.33. The van der Waals surface area contributed by atoms with Crippen molar-refractivity contribution in [3.63, 3.8) is 0 Å². The van der Waals surface area contributed by atoms with E-state index in [2.05, 4.69) is 32.1 Å². The van der Waals surface area contributed by atoms with Crippen LogP contribution in [0.3, 0.4) is 0 Å². The Morgan fingerprint density at radius 1 is 0.911 bits per heavy atom. The number of carbonyl (C=O) groups is 3. The third kappa shape index (κ3) is 12.2. The number of unbranched alkanes of at least 4 members (excludes halogenated alkanes) is 2. The molecule has 7 unspecified atom stereocenters. The molecule has 4 aliphatic heterocycles. The number of rotatable bonds is 7. The van der Waals surface area contributed by atoms with E-state index < -0.39 is 6.10 Å². The summed E-state index contributed by atoms with van der Waals surface area (Å²) in [5, 5.41) is 0. The molecule has 3 saturated heterocycles. The van der Waals surface area contributed by atoms with Gasteiger partial charge in [-0.15, -0.1) is 0 Å². The normalized spacial score (nSPS) is 33.4. The standard InChI is InChI=1S/C36H55NO8/c1-26-15-16-27(2)33(14-7-4-5-10-19-42-36(40)37-17-8-6-9-18-37)45-35(39)25-32-22-28(23-34(38)41-3)21-31(44-32)24-30-13-11-12-29(20-26)43-30/h7,14-16,23,26-27,29-33H,4-6,8-13,17-22,24-25H2,1-3H3/b14-7+,16-15+,28-23-. The van der Waals surface area contributed by atoms with Gasteiger partial charge in [0.1, 0.15) is 6.10 Å². The number of hydrogen-bond acceptors (Lipinski definition) is 8. The summed E-state index contributed by atoms with van der Waals surface area (Å²) in [5.74, 6) is -0.377. The lowest BCUT2D eigenvalue weighted by molar-refractivity contribution is -0.154. The number of methoxy groups -OCH3 is 1. The van der Waals surface area contributed by atoms with Crippen molar-refractivity contribution in [2.24, 2.45) is 11.8 Å². The number of likely N-dealkylation sites (tertiary alicyclic amines) is 1. The lowest BCUT2D eigenvalue weighted by atomic mass is 9.89. The first-order valence-electron chi connectivity index (χ1n) is 17.3. The quantitative estimate of drug-likeness (QED) is 0.0992. The lowest BCUT2D eigenvalue weighted by Crippen LogP contribution is -2.37. The molecule has 45 heavy (non-hydrogen) atoms. The summed E-state index contributed by atoms with van der Waals surface area (Å²) in [4.78, 5) is 39.4. The van der Waals surface area contributed by atoms with Crippen LogP contribution in [0.1, 0.15) is 104 Å². The summed E-state index contributed by atoms with van der Waals surface area (Å²) in [5.41, 5.74) is 0.937. The molecule has 0 radical (unpaired) electrons. The zero-order valence-electron chi connectivity index (χ0n) is 27.7. The van der Waals surface area contributed by atoms with Crippen molar-refractivity contribution >= 4 is 18.0 Å². The van der Waals surface area contributed by atoms with Crippen molar-refractivity contribution < 1.29 is 38.1 Å². The van der Waals surface area contributed by atoms with E-state index in [4.69, 9.17) is 23.7 Å². The Kier molecular flexibility index (Phi) is 14.5. The first kappa shape index (κ1) is 35.2. The first-order chi connectivity index (χ1) is 21.8. The molecular formula is C36H55NO8. The molecule has 4 heterocycles. The second kappa shape index (κ2) is 18.5. The van der Waals surface area contributed by atoms with Gasteiger partial charge in [-0.2, -0.15) is 0 Å². The van der Waals surface area contributed by atoms with E-state index in [0.29, 0.717) is 25.4 Å². The predicted octanol–water partition coefficient (Wildman–Crippen LogP) is 6.84.